The predicted octanol–water partition coefficient (Wildman–Crippen LogP) is 4.20. The second-order valence-corrected chi connectivity index (χ2v) is 8.71. The largest absolute Gasteiger partial charge is 0.454 e. The molecule has 2 aromatic carbocycles. The number of hydrogen-bond acceptors (Lipinski definition) is 9. The standard InChI is InChI=1S/C20H15BrN6O4S/c21-12-7-14-15(31-10-30-14)8-16(12)32-20-25-17-18(22)23-9-24-19(17)26(20)6-5-11-3-1-2-4-13(11)27(28)29/h1-4,7-9H,5-6,10H2,(H2,22,23,24). The second-order valence-electron chi connectivity index (χ2n) is 6.85. The SMILES string of the molecule is Nc1ncnc2c1nc(Sc1cc3c(cc1Br)OCO3)n2CCc1ccccc1[N+](=O)[O-]. The van der Waals surface area contributed by atoms with Gasteiger partial charge in [-0.05, 0) is 34.5 Å². The van der Waals surface area contributed by atoms with Gasteiger partial charge in [0, 0.05) is 27.5 Å². The monoisotopic (exact) mass is 514 g/mol. The number of hydrogen-bond donors (Lipinski definition) is 1. The summed E-state index contributed by atoms with van der Waals surface area (Å²) in [5.74, 6) is 1.59. The van der Waals surface area contributed by atoms with Crippen LogP contribution in [0.2, 0.25) is 0 Å². The Kier molecular flexibility index (Phi) is 5.31. The van der Waals surface area contributed by atoms with E-state index in [-0.39, 0.29) is 23.2 Å². The summed E-state index contributed by atoms with van der Waals surface area (Å²) < 4.78 is 13.6. The zero-order chi connectivity index (χ0) is 22.2. The molecule has 12 heteroatoms. The van der Waals surface area contributed by atoms with Crippen molar-refractivity contribution >= 4 is 50.4 Å². The molecule has 162 valence electrons. The highest BCUT2D eigenvalue weighted by Gasteiger charge is 2.21. The molecule has 0 atom stereocenters. The van der Waals surface area contributed by atoms with Crippen LogP contribution in [0.15, 0.2) is 57.3 Å². The van der Waals surface area contributed by atoms with Crippen LogP contribution in [0.25, 0.3) is 11.2 Å². The Morgan fingerprint density at radius 3 is 2.81 bits per heavy atom. The number of halogens is 1. The molecule has 2 N–H and O–H groups in total. The molecule has 0 saturated heterocycles. The van der Waals surface area contributed by atoms with Crippen molar-refractivity contribution in [2.45, 2.75) is 23.0 Å². The number of nitrogens with zero attached hydrogens (tertiary/aromatic N) is 5. The predicted molar refractivity (Wildman–Crippen MR) is 121 cm³/mol. The molecule has 0 saturated carbocycles. The molecule has 1 aliphatic rings. The molecule has 0 radical (unpaired) electrons. The average Bonchev–Trinajstić information content (AvgIpc) is 3.37. The molecule has 0 fully saturated rings. The minimum absolute atomic E-state index is 0.0822. The van der Waals surface area contributed by atoms with Gasteiger partial charge in [0.05, 0.1) is 4.92 Å². The van der Waals surface area contributed by atoms with Gasteiger partial charge in [0.2, 0.25) is 6.79 Å². The molecule has 0 amide bonds. The van der Waals surface area contributed by atoms with E-state index in [0.29, 0.717) is 46.3 Å². The summed E-state index contributed by atoms with van der Waals surface area (Å²) in [7, 11) is 0. The van der Waals surface area contributed by atoms with Crippen LogP contribution < -0.4 is 15.2 Å². The summed E-state index contributed by atoms with van der Waals surface area (Å²) in [5.41, 5.74) is 7.79. The van der Waals surface area contributed by atoms with Crippen LogP contribution in [0.1, 0.15) is 5.56 Å². The van der Waals surface area contributed by atoms with Gasteiger partial charge in [0.1, 0.15) is 6.33 Å². The van der Waals surface area contributed by atoms with E-state index in [1.807, 2.05) is 16.7 Å². The van der Waals surface area contributed by atoms with E-state index in [1.54, 1.807) is 18.2 Å². The Hall–Kier alpha value is -3.38. The van der Waals surface area contributed by atoms with Crippen LogP contribution in [0.4, 0.5) is 11.5 Å². The number of benzene rings is 2. The van der Waals surface area contributed by atoms with E-state index in [1.165, 1.54) is 24.2 Å². The molecule has 5 rings (SSSR count). The number of rotatable bonds is 6. The number of nitrogen functional groups attached to an aromatic ring is 1. The first-order valence-corrected chi connectivity index (χ1v) is 11.1. The zero-order valence-corrected chi connectivity index (χ0v) is 18.8. The van der Waals surface area contributed by atoms with Gasteiger partial charge in [0.15, 0.2) is 33.6 Å². The van der Waals surface area contributed by atoms with E-state index >= 15 is 0 Å². The Balaban J connectivity index is 1.53. The van der Waals surface area contributed by atoms with Crippen LogP contribution >= 0.6 is 27.7 Å². The maximum Gasteiger partial charge on any atom is 0.272 e. The van der Waals surface area contributed by atoms with E-state index in [9.17, 15) is 10.1 Å². The van der Waals surface area contributed by atoms with E-state index in [4.69, 9.17) is 15.2 Å². The van der Waals surface area contributed by atoms with Gasteiger partial charge < -0.3 is 19.8 Å². The molecule has 4 aromatic rings. The zero-order valence-electron chi connectivity index (χ0n) is 16.4. The van der Waals surface area contributed by atoms with Crippen molar-refractivity contribution in [1.82, 2.24) is 19.5 Å². The second kappa shape index (κ2) is 8.28. The van der Waals surface area contributed by atoms with E-state index in [2.05, 4.69) is 30.9 Å². The van der Waals surface area contributed by atoms with Gasteiger partial charge >= 0.3 is 0 Å². The highest BCUT2D eigenvalue weighted by Crippen LogP contribution is 2.43. The number of ether oxygens (including phenoxy) is 2. The van der Waals surface area contributed by atoms with Gasteiger partial charge in [-0.1, -0.05) is 30.0 Å². The maximum absolute atomic E-state index is 11.4. The number of fused-ring (bicyclic) bond motifs is 2. The molecule has 32 heavy (non-hydrogen) atoms. The molecule has 0 spiro atoms. The minimum atomic E-state index is -0.374. The van der Waals surface area contributed by atoms with Gasteiger partial charge in [-0.3, -0.25) is 10.1 Å². The lowest BCUT2D eigenvalue weighted by Crippen LogP contribution is -2.06. The quantitative estimate of drug-likeness (QED) is 0.296. The topological polar surface area (TPSA) is 131 Å². The average molecular weight is 515 g/mol. The summed E-state index contributed by atoms with van der Waals surface area (Å²) in [5, 5.41) is 12.0. The summed E-state index contributed by atoms with van der Waals surface area (Å²) in [6, 6.07) is 10.4. The van der Waals surface area contributed by atoms with Crippen molar-refractivity contribution in [2.24, 2.45) is 0 Å². The van der Waals surface area contributed by atoms with Crippen molar-refractivity contribution in [3.63, 3.8) is 0 Å². The number of nitrogens with two attached hydrogens (primary N) is 1. The molecular formula is C20H15BrN6O4S. The van der Waals surface area contributed by atoms with Crippen molar-refractivity contribution < 1.29 is 14.4 Å². The third-order valence-corrected chi connectivity index (χ3v) is 6.92. The van der Waals surface area contributed by atoms with Crippen LogP contribution in [0.5, 0.6) is 11.5 Å². The smallest absolute Gasteiger partial charge is 0.272 e. The van der Waals surface area contributed by atoms with Crippen LogP contribution in [0.3, 0.4) is 0 Å². The molecular weight excluding hydrogens is 500 g/mol. The fourth-order valence-electron chi connectivity index (χ4n) is 3.42. The van der Waals surface area contributed by atoms with Crippen LogP contribution in [-0.4, -0.2) is 31.2 Å². The van der Waals surface area contributed by atoms with Gasteiger partial charge in [-0.15, -0.1) is 0 Å². The van der Waals surface area contributed by atoms with Crippen molar-refractivity contribution in [3.8, 4) is 11.5 Å². The molecule has 1 aliphatic heterocycles. The number of nitro benzene ring substituents is 1. The first-order valence-electron chi connectivity index (χ1n) is 9.47. The van der Waals surface area contributed by atoms with Gasteiger partial charge in [-0.25, -0.2) is 15.0 Å². The highest BCUT2D eigenvalue weighted by atomic mass is 79.9. The number of nitro groups is 1. The van der Waals surface area contributed by atoms with Gasteiger partial charge in [0.25, 0.3) is 5.69 Å². The Morgan fingerprint density at radius 1 is 1.22 bits per heavy atom. The molecule has 2 aromatic heterocycles. The maximum atomic E-state index is 11.4. The number of anilines is 1. The van der Waals surface area contributed by atoms with Crippen molar-refractivity contribution in [3.05, 3.63) is 62.9 Å². The van der Waals surface area contributed by atoms with Gasteiger partial charge in [-0.2, -0.15) is 0 Å². The van der Waals surface area contributed by atoms with E-state index in [0.717, 1.165) is 9.37 Å². The minimum Gasteiger partial charge on any atom is -0.454 e. The van der Waals surface area contributed by atoms with Crippen molar-refractivity contribution in [2.75, 3.05) is 12.5 Å². The molecule has 0 unspecified atom stereocenters. The highest BCUT2D eigenvalue weighted by molar-refractivity contribution is 9.10. The number of imidazole rings is 1. The fraction of sp³-hybridized carbons (Fsp3) is 0.150. The summed E-state index contributed by atoms with van der Waals surface area (Å²) in [4.78, 5) is 24.9. The molecule has 0 bridgehead atoms. The normalized spacial score (nSPS) is 12.4. The lowest BCUT2D eigenvalue weighted by atomic mass is 10.1. The summed E-state index contributed by atoms with van der Waals surface area (Å²) in [6.45, 7) is 0.596. The van der Waals surface area contributed by atoms with Crippen LogP contribution in [0, 0.1) is 10.1 Å². The first-order chi connectivity index (χ1) is 15.5. The molecule has 3 heterocycles. The Labute approximate surface area is 194 Å². The third-order valence-electron chi connectivity index (χ3n) is 4.95. The lowest BCUT2D eigenvalue weighted by Gasteiger charge is -2.10. The third kappa shape index (κ3) is 3.71. The first kappa shape index (κ1) is 20.5. The number of para-hydroxylation sites is 1. The molecule has 10 nitrogen and oxygen atoms in total. The Morgan fingerprint density at radius 2 is 2.00 bits per heavy atom. The Bertz CT molecular complexity index is 1360. The number of aromatic nitrogens is 4. The molecule has 0 aliphatic carbocycles. The summed E-state index contributed by atoms with van der Waals surface area (Å²) >= 11 is 4.97. The van der Waals surface area contributed by atoms with E-state index < -0.39 is 0 Å². The van der Waals surface area contributed by atoms with Crippen molar-refractivity contribution in [1.29, 1.82) is 0 Å². The number of aryl methyl sites for hydroxylation is 2. The van der Waals surface area contributed by atoms with Crippen LogP contribution in [-0.2, 0) is 13.0 Å². The summed E-state index contributed by atoms with van der Waals surface area (Å²) in [6.07, 6.45) is 1.80. The fourth-order valence-corrected chi connectivity index (χ4v) is 4.93. The lowest BCUT2D eigenvalue weighted by molar-refractivity contribution is -0.385.